The van der Waals surface area contributed by atoms with Gasteiger partial charge < -0.3 is 14.5 Å². The Labute approximate surface area is 163 Å². The molecule has 0 saturated heterocycles. The van der Waals surface area contributed by atoms with E-state index in [1.54, 1.807) is 0 Å². The number of fused-ring (bicyclic) bond motifs is 1. The summed E-state index contributed by atoms with van der Waals surface area (Å²) < 4.78 is 7.62. The molecule has 0 radical (unpaired) electrons. The fourth-order valence-corrected chi connectivity index (χ4v) is 3.23. The van der Waals surface area contributed by atoms with Gasteiger partial charge in [-0.2, -0.15) is 0 Å². The van der Waals surface area contributed by atoms with Gasteiger partial charge in [0.25, 0.3) is 5.91 Å². The third kappa shape index (κ3) is 3.88. The van der Waals surface area contributed by atoms with Gasteiger partial charge in [0.2, 0.25) is 0 Å². The molecular weight excluding hydrogens is 350 g/mol. The van der Waals surface area contributed by atoms with Crippen molar-refractivity contribution in [1.82, 2.24) is 9.38 Å². The van der Waals surface area contributed by atoms with Gasteiger partial charge in [0.1, 0.15) is 11.4 Å². The molecule has 0 aliphatic rings. The molecule has 2 heterocycles. The summed E-state index contributed by atoms with van der Waals surface area (Å²) in [6.45, 7) is 3.96. The van der Waals surface area contributed by atoms with Crippen LogP contribution in [0.4, 0.5) is 5.69 Å². The molecule has 28 heavy (non-hydrogen) atoms. The minimum absolute atomic E-state index is 0.0532. The summed E-state index contributed by atoms with van der Waals surface area (Å²) in [5.41, 5.74) is 5.44. The Morgan fingerprint density at radius 2 is 1.79 bits per heavy atom. The molecule has 0 bridgehead atoms. The molecule has 0 aliphatic heterocycles. The van der Waals surface area contributed by atoms with Crippen LogP contribution in [0.1, 0.15) is 11.1 Å². The molecule has 2 aromatic heterocycles. The zero-order chi connectivity index (χ0) is 19.5. The van der Waals surface area contributed by atoms with Crippen molar-refractivity contribution in [2.75, 3.05) is 11.9 Å². The maximum Gasteiger partial charge on any atom is 0.262 e. The summed E-state index contributed by atoms with van der Waals surface area (Å²) in [5.74, 6) is 0.483. The molecular formula is C23H21N3O2. The number of nitrogens with one attached hydrogen (secondary N) is 1. The normalized spacial score (nSPS) is 10.8. The number of hydrogen-bond acceptors (Lipinski definition) is 3. The van der Waals surface area contributed by atoms with E-state index in [2.05, 4.69) is 16.4 Å². The molecule has 0 unspecified atom stereocenters. The number of aromatic nitrogens is 2. The Morgan fingerprint density at radius 3 is 2.57 bits per heavy atom. The third-order valence-corrected chi connectivity index (χ3v) is 4.41. The van der Waals surface area contributed by atoms with Crippen LogP contribution in [-0.2, 0) is 4.79 Å². The number of rotatable bonds is 5. The van der Waals surface area contributed by atoms with Gasteiger partial charge in [-0.05, 0) is 55.3 Å². The van der Waals surface area contributed by atoms with Crippen LogP contribution in [0.15, 0.2) is 73.1 Å². The highest BCUT2D eigenvalue weighted by Crippen LogP contribution is 2.27. The van der Waals surface area contributed by atoms with Crippen molar-refractivity contribution in [1.29, 1.82) is 0 Å². The summed E-state index contributed by atoms with van der Waals surface area (Å²) in [6.07, 6.45) is 3.90. The minimum Gasteiger partial charge on any atom is -0.484 e. The number of amides is 1. The lowest BCUT2D eigenvalue weighted by Gasteiger charge is -2.11. The lowest BCUT2D eigenvalue weighted by atomic mass is 10.1. The van der Waals surface area contributed by atoms with Gasteiger partial charge in [-0.1, -0.05) is 30.3 Å². The quantitative estimate of drug-likeness (QED) is 0.556. The van der Waals surface area contributed by atoms with Crippen molar-refractivity contribution in [3.05, 3.63) is 84.2 Å². The molecule has 0 fully saturated rings. The SMILES string of the molecule is Cc1cc(C)cc(OCC(=O)Nc2ccccc2-c2cn3ccccc3n2)c1. The second kappa shape index (κ2) is 7.56. The predicted octanol–water partition coefficient (Wildman–Crippen LogP) is 4.64. The smallest absolute Gasteiger partial charge is 0.262 e. The van der Waals surface area contributed by atoms with Crippen LogP contribution in [0.5, 0.6) is 5.75 Å². The largest absolute Gasteiger partial charge is 0.484 e. The Kier molecular flexibility index (Phi) is 4.81. The first kappa shape index (κ1) is 17.8. The Morgan fingerprint density at radius 1 is 1.04 bits per heavy atom. The number of carbonyl (C=O) groups excluding carboxylic acids is 1. The number of nitrogens with zero attached hydrogens (tertiary/aromatic N) is 2. The second-order valence-electron chi connectivity index (χ2n) is 6.80. The Balaban J connectivity index is 1.51. The van der Waals surface area contributed by atoms with E-state index < -0.39 is 0 Å². The fraction of sp³-hybridized carbons (Fsp3) is 0.130. The van der Waals surface area contributed by atoms with Crippen molar-refractivity contribution in [3.8, 4) is 17.0 Å². The molecule has 140 valence electrons. The second-order valence-corrected chi connectivity index (χ2v) is 6.80. The van der Waals surface area contributed by atoms with Crippen molar-refractivity contribution in [2.24, 2.45) is 0 Å². The molecule has 5 nitrogen and oxygen atoms in total. The molecule has 0 aliphatic carbocycles. The van der Waals surface area contributed by atoms with E-state index in [-0.39, 0.29) is 12.5 Å². The monoisotopic (exact) mass is 371 g/mol. The van der Waals surface area contributed by atoms with Gasteiger partial charge in [0, 0.05) is 18.0 Å². The number of carbonyl (C=O) groups is 1. The number of ether oxygens (including phenoxy) is 1. The summed E-state index contributed by atoms with van der Waals surface area (Å²) in [7, 11) is 0. The summed E-state index contributed by atoms with van der Waals surface area (Å²) in [6, 6.07) is 19.4. The van der Waals surface area contributed by atoms with E-state index in [9.17, 15) is 4.79 Å². The molecule has 4 rings (SSSR count). The van der Waals surface area contributed by atoms with Crippen LogP contribution >= 0.6 is 0 Å². The summed E-state index contributed by atoms with van der Waals surface area (Å²) in [5, 5.41) is 2.94. The number of anilines is 1. The number of para-hydroxylation sites is 1. The van der Waals surface area contributed by atoms with Crippen molar-refractivity contribution >= 4 is 17.2 Å². The van der Waals surface area contributed by atoms with Gasteiger partial charge in [-0.15, -0.1) is 0 Å². The van der Waals surface area contributed by atoms with Gasteiger partial charge in [-0.25, -0.2) is 4.98 Å². The first-order valence-electron chi connectivity index (χ1n) is 9.12. The topological polar surface area (TPSA) is 55.6 Å². The first-order valence-corrected chi connectivity index (χ1v) is 9.12. The van der Waals surface area contributed by atoms with E-state index in [1.165, 1.54) is 0 Å². The van der Waals surface area contributed by atoms with Crippen LogP contribution in [-0.4, -0.2) is 21.9 Å². The molecule has 1 N–H and O–H groups in total. The van der Waals surface area contributed by atoms with E-state index in [0.717, 1.165) is 28.0 Å². The van der Waals surface area contributed by atoms with Crippen molar-refractivity contribution < 1.29 is 9.53 Å². The predicted molar refractivity (Wildman–Crippen MR) is 111 cm³/mol. The fourth-order valence-electron chi connectivity index (χ4n) is 3.23. The number of imidazole rings is 1. The Bertz CT molecular complexity index is 1090. The Hall–Kier alpha value is -3.60. The molecule has 2 aromatic carbocycles. The molecule has 5 heteroatoms. The zero-order valence-corrected chi connectivity index (χ0v) is 15.8. The molecule has 4 aromatic rings. The molecule has 0 spiro atoms. The lowest BCUT2D eigenvalue weighted by Crippen LogP contribution is -2.20. The van der Waals surface area contributed by atoms with E-state index >= 15 is 0 Å². The molecule has 1 amide bonds. The minimum atomic E-state index is -0.213. The van der Waals surface area contributed by atoms with Crippen LogP contribution in [0.25, 0.3) is 16.9 Å². The van der Waals surface area contributed by atoms with Gasteiger partial charge in [0.15, 0.2) is 6.61 Å². The summed E-state index contributed by atoms with van der Waals surface area (Å²) in [4.78, 5) is 17.1. The van der Waals surface area contributed by atoms with Crippen molar-refractivity contribution in [2.45, 2.75) is 13.8 Å². The van der Waals surface area contributed by atoms with Gasteiger partial charge in [0.05, 0.1) is 11.4 Å². The maximum absolute atomic E-state index is 12.4. The van der Waals surface area contributed by atoms with Gasteiger partial charge >= 0.3 is 0 Å². The molecule has 0 atom stereocenters. The standard InChI is InChI=1S/C23H21N3O2/c1-16-11-17(2)13-18(12-16)28-15-23(27)25-20-8-4-3-7-19(20)21-14-26-10-6-5-9-22(26)24-21/h3-14H,15H2,1-2H3,(H,25,27). The average molecular weight is 371 g/mol. The lowest BCUT2D eigenvalue weighted by molar-refractivity contribution is -0.118. The number of aryl methyl sites for hydroxylation is 2. The average Bonchev–Trinajstić information content (AvgIpc) is 3.10. The zero-order valence-electron chi connectivity index (χ0n) is 15.8. The highest BCUT2D eigenvalue weighted by molar-refractivity contribution is 5.96. The number of hydrogen-bond donors (Lipinski definition) is 1. The third-order valence-electron chi connectivity index (χ3n) is 4.41. The maximum atomic E-state index is 12.4. The van der Waals surface area contributed by atoms with E-state index in [4.69, 9.17) is 4.74 Å². The summed E-state index contributed by atoms with van der Waals surface area (Å²) >= 11 is 0. The first-order chi connectivity index (χ1) is 13.6. The highest BCUT2D eigenvalue weighted by Gasteiger charge is 2.12. The van der Waals surface area contributed by atoms with Crippen LogP contribution in [0.3, 0.4) is 0 Å². The van der Waals surface area contributed by atoms with Gasteiger partial charge in [-0.3, -0.25) is 4.79 Å². The molecule has 0 saturated carbocycles. The van der Waals surface area contributed by atoms with Crippen LogP contribution < -0.4 is 10.1 Å². The van der Waals surface area contributed by atoms with E-state index in [0.29, 0.717) is 11.4 Å². The number of benzene rings is 2. The highest BCUT2D eigenvalue weighted by atomic mass is 16.5. The van der Waals surface area contributed by atoms with Crippen LogP contribution in [0, 0.1) is 13.8 Å². The van der Waals surface area contributed by atoms with E-state index in [1.807, 2.05) is 85.2 Å². The van der Waals surface area contributed by atoms with Crippen LogP contribution in [0.2, 0.25) is 0 Å². The number of pyridine rings is 1. The van der Waals surface area contributed by atoms with Crippen molar-refractivity contribution in [3.63, 3.8) is 0 Å².